The largest absolute Gasteiger partial charge is 0.496 e. The molecule has 1 amide bonds. The molecule has 0 fully saturated rings. The molecule has 3 aromatic carbocycles. The third-order valence-electron chi connectivity index (χ3n) is 5.11. The van der Waals surface area contributed by atoms with Crippen LogP contribution in [0.3, 0.4) is 0 Å². The normalized spacial score (nSPS) is 12.0. The summed E-state index contributed by atoms with van der Waals surface area (Å²) in [4.78, 5) is 12.9. The van der Waals surface area contributed by atoms with Gasteiger partial charge in [-0.3, -0.25) is 9.10 Å². The van der Waals surface area contributed by atoms with E-state index in [0.717, 1.165) is 22.0 Å². The number of amides is 1. The summed E-state index contributed by atoms with van der Waals surface area (Å²) in [6, 6.07) is 17.6. The average Bonchev–Trinajstić information content (AvgIpc) is 2.83. The van der Waals surface area contributed by atoms with Crippen LogP contribution in [-0.2, 0) is 14.8 Å². The van der Waals surface area contributed by atoms with E-state index < -0.39 is 34.3 Å². The van der Waals surface area contributed by atoms with Crippen molar-refractivity contribution in [2.24, 2.45) is 0 Å². The van der Waals surface area contributed by atoms with E-state index in [9.17, 15) is 17.6 Å². The summed E-state index contributed by atoms with van der Waals surface area (Å²) in [6.07, 6.45) is 0. The molecule has 9 heteroatoms. The van der Waals surface area contributed by atoms with Gasteiger partial charge in [0.05, 0.1) is 30.3 Å². The van der Waals surface area contributed by atoms with Crippen molar-refractivity contribution >= 4 is 21.6 Å². The van der Waals surface area contributed by atoms with Crippen molar-refractivity contribution in [3.05, 3.63) is 84.2 Å². The lowest BCUT2D eigenvalue weighted by Crippen LogP contribution is -2.41. The highest BCUT2D eigenvalue weighted by molar-refractivity contribution is 7.92. The first-order valence-corrected chi connectivity index (χ1v) is 12.1. The van der Waals surface area contributed by atoms with Crippen LogP contribution in [0.1, 0.15) is 25.5 Å². The molecule has 0 aromatic heterocycles. The maximum absolute atomic E-state index is 13.5. The van der Waals surface area contributed by atoms with Crippen molar-refractivity contribution in [3.8, 4) is 11.5 Å². The van der Waals surface area contributed by atoms with Gasteiger partial charge in [-0.15, -0.1) is 0 Å². The van der Waals surface area contributed by atoms with Gasteiger partial charge in [0.25, 0.3) is 10.0 Å². The quantitative estimate of drug-likeness (QED) is 0.462. The van der Waals surface area contributed by atoms with Crippen LogP contribution in [0.15, 0.2) is 77.7 Å². The number of hydrogen-bond donors (Lipinski definition) is 1. The minimum absolute atomic E-state index is 0.0224. The second kappa shape index (κ2) is 11.0. The number of carbonyl (C=O) groups is 1. The Balaban J connectivity index is 1.88. The van der Waals surface area contributed by atoms with Gasteiger partial charge in [-0.25, -0.2) is 12.8 Å². The highest BCUT2D eigenvalue weighted by atomic mass is 32.2. The van der Waals surface area contributed by atoms with Crippen molar-refractivity contribution in [1.29, 1.82) is 0 Å². The Hall–Kier alpha value is -3.59. The number of rotatable bonds is 10. The van der Waals surface area contributed by atoms with Crippen LogP contribution < -0.4 is 19.1 Å². The van der Waals surface area contributed by atoms with E-state index in [1.165, 1.54) is 31.4 Å². The lowest BCUT2D eigenvalue weighted by Gasteiger charge is -2.25. The molecule has 0 spiro atoms. The SMILES string of the molecule is CCOc1ccc(S(=O)(=O)N(CC(=O)N[C@@H](C)c2ccccc2OC)c2ccc(F)cc2)cc1. The molecule has 0 saturated heterocycles. The molecule has 3 aromatic rings. The van der Waals surface area contributed by atoms with E-state index >= 15 is 0 Å². The van der Waals surface area contributed by atoms with Crippen molar-refractivity contribution in [3.63, 3.8) is 0 Å². The van der Waals surface area contributed by atoms with Crippen molar-refractivity contribution in [2.75, 3.05) is 24.6 Å². The van der Waals surface area contributed by atoms with Gasteiger partial charge in [0.2, 0.25) is 5.91 Å². The fourth-order valence-electron chi connectivity index (χ4n) is 3.44. The first kappa shape index (κ1) is 25.0. The number of ether oxygens (including phenoxy) is 2. The molecule has 180 valence electrons. The zero-order chi connectivity index (χ0) is 24.7. The Morgan fingerprint density at radius 1 is 1.03 bits per heavy atom. The minimum Gasteiger partial charge on any atom is -0.496 e. The molecule has 0 heterocycles. The van der Waals surface area contributed by atoms with E-state index in [0.29, 0.717) is 18.1 Å². The van der Waals surface area contributed by atoms with Crippen molar-refractivity contribution < 1.29 is 27.1 Å². The van der Waals surface area contributed by atoms with E-state index in [4.69, 9.17) is 9.47 Å². The van der Waals surface area contributed by atoms with Gasteiger partial charge >= 0.3 is 0 Å². The second-order valence-electron chi connectivity index (χ2n) is 7.42. The van der Waals surface area contributed by atoms with Gasteiger partial charge in [0.1, 0.15) is 23.9 Å². The minimum atomic E-state index is -4.14. The zero-order valence-corrected chi connectivity index (χ0v) is 20.0. The number of anilines is 1. The molecule has 34 heavy (non-hydrogen) atoms. The monoisotopic (exact) mass is 486 g/mol. The Morgan fingerprint density at radius 2 is 1.68 bits per heavy atom. The number of sulfonamides is 1. The van der Waals surface area contributed by atoms with E-state index in [-0.39, 0.29) is 10.6 Å². The summed E-state index contributed by atoms with van der Waals surface area (Å²) in [7, 11) is -2.60. The molecule has 7 nitrogen and oxygen atoms in total. The summed E-state index contributed by atoms with van der Waals surface area (Å²) in [5.41, 5.74) is 0.913. The van der Waals surface area contributed by atoms with Crippen LogP contribution in [-0.4, -0.2) is 34.6 Å². The van der Waals surface area contributed by atoms with Gasteiger partial charge in [0.15, 0.2) is 0 Å². The summed E-state index contributed by atoms with van der Waals surface area (Å²) in [5.74, 6) is 0.0829. The van der Waals surface area contributed by atoms with Crippen LogP contribution in [0.5, 0.6) is 11.5 Å². The number of nitrogens with one attached hydrogen (secondary N) is 1. The van der Waals surface area contributed by atoms with Crippen LogP contribution in [0, 0.1) is 5.82 Å². The molecule has 0 aliphatic heterocycles. The predicted octanol–water partition coefficient (Wildman–Crippen LogP) is 4.31. The first-order chi connectivity index (χ1) is 16.3. The summed E-state index contributed by atoms with van der Waals surface area (Å²) >= 11 is 0. The van der Waals surface area contributed by atoms with Crippen LogP contribution >= 0.6 is 0 Å². The third kappa shape index (κ3) is 5.85. The molecule has 3 rings (SSSR count). The number of halogens is 1. The van der Waals surface area contributed by atoms with E-state index in [1.807, 2.05) is 25.1 Å². The predicted molar refractivity (Wildman–Crippen MR) is 128 cm³/mol. The fraction of sp³-hybridized carbons (Fsp3) is 0.240. The van der Waals surface area contributed by atoms with E-state index in [2.05, 4.69) is 5.32 Å². The number of nitrogens with zero attached hydrogens (tertiary/aromatic N) is 1. The van der Waals surface area contributed by atoms with Gasteiger partial charge in [0, 0.05) is 5.56 Å². The maximum Gasteiger partial charge on any atom is 0.264 e. The number of hydrogen-bond acceptors (Lipinski definition) is 5. The van der Waals surface area contributed by atoms with Crippen molar-refractivity contribution in [1.82, 2.24) is 5.32 Å². The molecule has 0 radical (unpaired) electrons. The van der Waals surface area contributed by atoms with Gasteiger partial charge in [-0.05, 0) is 68.4 Å². The molecule has 1 N–H and O–H groups in total. The number of methoxy groups -OCH3 is 1. The number of carbonyl (C=O) groups excluding carboxylic acids is 1. The van der Waals surface area contributed by atoms with Crippen LogP contribution in [0.2, 0.25) is 0 Å². The smallest absolute Gasteiger partial charge is 0.264 e. The highest BCUT2D eigenvalue weighted by Gasteiger charge is 2.28. The summed E-state index contributed by atoms with van der Waals surface area (Å²) in [5, 5.41) is 2.81. The molecule has 0 unspecified atom stereocenters. The first-order valence-electron chi connectivity index (χ1n) is 10.7. The molecular weight excluding hydrogens is 459 g/mol. The summed E-state index contributed by atoms with van der Waals surface area (Å²) < 4.78 is 52.1. The topological polar surface area (TPSA) is 84.9 Å². The standard InChI is InChI=1S/C25H27FN2O5S/c1-4-33-21-13-15-22(16-14-21)34(30,31)28(20-11-9-19(26)10-12-20)17-25(29)27-18(2)23-7-5-6-8-24(23)32-3/h5-16,18H,4,17H2,1-3H3,(H,27,29)/t18-/m0/s1. The zero-order valence-electron chi connectivity index (χ0n) is 19.2. The third-order valence-corrected chi connectivity index (χ3v) is 6.90. The lowest BCUT2D eigenvalue weighted by atomic mass is 10.1. The van der Waals surface area contributed by atoms with Gasteiger partial charge in [-0.2, -0.15) is 0 Å². The average molecular weight is 487 g/mol. The molecule has 1 atom stereocenters. The second-order valence-corrected chi connectivity index (χ2v) is 9.29. The Morgan fingerprint density at radius 3 is 2.29 bits per heavy atom. The summed E-state index contributed by atoms with van der Waals surface area (Å²) in [6.45, 7) is 3.55. The number of benzene rings is 3. The maximum atomic E-state index is 13.5. The van der Waals surface area contributed by atoms with E-state index in [1.54, 1.807) is 25.1 Å². The van der Waals surface area contributed by atoms with Gasteiger partial charge in [-0.1, -0.05) is 18.2 Å². The van der Waals surface area contributed by atoms with Crippen molar-refractivity contribution in [2.45, 2.75) is 24.8 Å². The Bertz CT molecular complexity index is 1210. The van der Waals surface area contributed by atoms with Crippen LogP contribution in [0.25, 0.3) is 0 Å². The molecule has 0 bridgehead atoms. The molecule has 0 aliphatic rings. The Kier molecular flexibility index (Phi) is 8.12. The van der Waals surface area contributed by atoms with Crippen LogP contribution in [0.4, 0.5) is 10.1 Å². The molecule has 0 saturated carbocycles. The highest BCUT2D eigenvalue weighted by Crippen LogP contribution is 2.27. The fourth-order valence-corrected chi connectivity index (χ4v) is 4.86. The Labute approximate surface area is 199 Å². The lowest BCUT2D eigenvalue weighted by molar-refractivity contribution is -0.120. The van der Waals surface area contributed by atoms with Gasteiger partial charge < -0.3 is 14.8 Å². The molecule has 0 aliphatic carbocycles. The number of para-hydroxylation sites is 1. The molecular formula is C25H27FN2O5S.